The molecular weight excluding hydrogens is 292 g/mol. The third-order valence-electron chi connectivity index (χ3n) is 2.45. The maximum atomic E-state index is 10.9. The number of nitriles is 1. The first-order chi connectivity index (χ1) is 9.58. The van der Waals surface area contributed by atoms with Gasteiger partial charge in [0.2, 0.25) is 11.0 Å². The lowest BCUT2D eigenvalue weighted by Crippen LogP contribution is -2.04. The van der Waals surface area contributed by atoms with E-state index in [1.54, 1.807) is 17.8 Å². The molecule has 1 N–H and O–H groups in total. The van der Waals surface area contributed by atoms with E-state index in [2.05, 4.69) is 21.6 Å². The van der Waals surface area contributed by atoms with E-state index < -0.39 is 0 Å². The summed E-state index contributed by atoms with van der Waals surface area (Å²) >= 11 is 2.89. The standard InChI is InChI=1S/C13H12N4OS2/c1-8(11-5-3-4-10(6-11)7-14)19-13-17-16-12(20-13)15-9(2)18/h3-6,8H,1-2H3,(H,15,16,18)/t8-/m1/s1. The number of rotatable bonds is 4. The summed E-state index contributed by atoms with van der Waals surface area (Å²) in [5.74, 6) is -0.160. The molecule has 7 heteroatoms. The van der Waals surface area contributed by atoms with Gasteiger partial charge in [-0.25, -0.2) is 0 Å². The Bertz CT molecular complexity index is 662. The third-order valence-corrected chi connectivity index (χ3v) is 4.53. The Balaban J connectivity index is 2.07. The maximum Gasteiger partial charge on any atom is 0.223 e. The number of hydrogen-bond acceptors (Lipinski definition) is 6. The number of nitrogens with zero attached hydrogens (tertiary/aromatic N) is 3. The molecule has 0 fully saturated rings. The van der Waals surface area contributed by atoms with Crippen molar-refractivity contribution in [3.8, 4) is 6.07 Å². The van der Waals surface area contributed by atoms with Crippen LogP contribution in [0.2, 0.25) is 0 Å². The van der Waals surface area contributed by atoms with Gasteiger partial charge < -0.3 is 5.32 Å². The van der Waals surface area contributed by atoms with Gasteiger partial charge in [0.1, 0.15) is 0 Å². The first-order valence-electron chi connectivity index (χ1n) is 5.86. The van der Waals surface area contributed by atoms with Crippen LogP contribution < -0.4 is 5.32 Å². The zero-order chi connectivity index (χ0) is 14.5. The van der Waals surface area contributed by atoms with Gasteiger partial charge >= 0.3 is 0 Å². The van der Waals surface area contributed by atoms with Crippen LogP contribution >= 0.6 is 23.1 Å². The van der Waals surface area contributed by atoms with Crippen LogP contribution in [-0.2, 0) is 4.79 Å². The summed E-state index contributed by atoms with van der Waals surface area (Å²) in [6.07, 6.45) is 0. The Morgan fingerprint density at radius 2 is 2.30 bits per heavy atom. The van der Waals surface area contributed by atoms with Gasteiger partial charge in [-0.1, -0.05) is 35.2 Å². The number of anilines is 1. The fourth-order valence-electron chi connectivity index (χ4n) is 1.54. The molecule has 0 radical (unpaired) electrons. The summed E-state index contributed by atoms with van der Waals surface area (Å²) in [6, 6.07) is 9.63. The summed E-state index contributed by atoms with van der Waals surface area (Å²) < 4.78 is 0.781. The van der Waals surface area contributed by atoms with E-state index in [9.17, 15) is 4.79 Å². The molecule has 0 aliphatic carbocycles. The van der Waals surface area contributed by atoms with E-state index in [-0.39, 0.29) is 11.2 Å². The molecule has 0 aliphatic rings. The molecule has 0 saturated heterocycles. The van der Waals surface area contributed by atoms with Crippen LogP contribution in [0.3, 0.4) is 0 Å². The van der Waals surface area contributed by atoms with Crippen LogP contribution in [0.4, 0.5) is 5.13 Å². The third kappa shape index (κ3) is 3.79. The van der Waals surface area contributed by atoms with Gasteiger partial charge in [-0.2, -0.15) is 5.26 Å². The molecule has 1 amide bonds. The Kier molecular flexibility index (Phi) is 4.71. The van der Waals surface area contributed by atoms with Crippen molar-refractivity contribution in [2.75, 3.05) is 5.32 Å². The lowest BCUT2D eigenvalue weighted by molar-refractivity contribution is -0.114. The van der Waals surface area contributed by atoms with Crippen LogP contribution in [0, 0.1) is 11.3 Å². The van der Waals surface area contributed by atoms with E-state index in [4.69, 9.17) is 5.26 Å². The number of carbonyl (C=O) groups is 1. The van der Waals surface area contributed by atoms with E-state index in [0.717, 1.165) is 9.90 Å². The Morgan fingerprint density at radius 3 is 3.00 bits per heavy atom. The van der Waals surface area contributed by atoms with E-state index in [1.165, 1.54) is 18.3 Å². The Hall–Kier alpha value is -1.91. The minimum atomic E-state index is -0.160. The molecular formula is C13H12N4OS2. The number of carbonyl (C=O) groups excluding carboxylic acids is 1. The Labute approximate surface area is 125 Å². The van der Waals surface area contributed by atoms with Crippen molar-refractivity contribution in [3.05, 3.63) is 35.4 Å². The summed E-state index contributed by atoms with van der Waals surface area (Å²) in [5, 5.41) is 20.1. The zero-order valence-corrected chi connectivity index (χ0v) is 12.6. The average Bonchev–Trinajstić information content (AvgIpc) is 2.85. The number of aromatic nitrogens is 2. The van der Waals surface area contributed by atoms with Crippen molar-refractivity contribution in [3.63, 3.8) is 0 Å². The van der Waals surface area contributed by atoms with Crippen LogP contribution in [0.15, 0.2) is 28.6 Å². The molecule has 2 aromatic rings. The average molecular weight is 304 g/mol. The first kappa shape index (κ1) is 14.5. The predicted molar refractivity (Wildman–Crippen MR) is 79.6 cm³/mol. The minimum Gasteiger partial charge on any atom is -0.301 e. The molecule has 102 valence electrons. The summed E-state index contributed by atoms with van der Waals surface area (Å²) in [7, 11) is 0. The maximum absolute atomic E-state index is 10.9. The SMILES string of the molecule is CC(=O)Nc1nnc(S[C@H](C)c2cccc(C#N)c2)s1. The highest BCUT2D eigenvalue weighted by Crippen LogP contribution is 2.37. The fourth-order valence-corrected chi connectivity index (χ4v) is 3.60. The van der Waals surface area contributed by atoms with Crippen LogP contribution in [0.25, 0.3) is 0 Å². The molecule has 0 spiro atoms. The normalized spacial score (nSPS) is 11.7. The zero-order valence-electron chi connectivity index (χ0n) is 11.0. The van der Waals surface area contributed by atoms with E-state index >= 15 is 0 Å². The summed E-state index contributed by atoms with van der Waals surface area (Å²) in [4.78, 5) is 10.9. The number of hydrogen-bond donors (Lipinski definition) is 1. The largest absolute Gasteiger partial charge is 0.301 e. The predicted octanol–water partition coefficient (Wildman–Crippen LogP) is 3.22. The van der Waals surface area contributed by atoms with Gasteiger partial charge in [0.25, 0.3) is 0 Å². The summed E-state index contributed by atoms with van der Waals surface area (Å²) in [6.45, 7) is 3.48. The van der Waals surface area contributed by atoms with Gasteiger partial charge in [-0.3, -0.25) is 4.79 Å². The summed E-state index contributed by atoms with van der Waals surface area (Å²) in [5.41, 5.74) is 1.71. The number of thioether (sulfide) groups is 1. The van der Waals surface area contributed by atoms with Crippen LogP contribution in [-0.4, -0.2) is 16.1 Å². The van der Waals surface area contributed by atoms with Crippen molar-refractivity contribution >= 4 is 34.1 Å². The highest BCUT2D eigenvalue weighted by atomic mass is 32.2. The Morgan fingerprint density at radius 1 is 1.50 bits per heavy atom. The van der Waals surface area contributed by atoms with Crippen LogP contribution in [0.1, 0.15) is 30.2 Å². The molecule has 2 rings (SSSR count). The first-order valence-corrected chi connectivity index (χ1v) is 7.56. The van der Waals surface area contributed by atoms with Crippen molar-refractivity contribution < 1.29 is 4.79 Å². The molecule has 1 atom stereocenters. The molecule has 0 unspecified atom stereocenters. The van der Waals surface area contributed by atoms with E-state index in [1.807, 2.05) is 25.1 Å². The topological polar surface area (TPSA) is 78.7 Å². The second-order valence-electron chi connectivity index (χ2n) is 4.05. The number of amides is 1. The highest BCUT2D eigenvalue weighted by molar-refractivity contribution is 8.01. The van der Waals surface area contributed by atoms with Crippen molar-refractivity contribution in [2.24, 2.45) is 0 Å². The monoisotopic (exact) mass is 304 g/mol. The lowest BCUT2D eigenvalue weighted by Gasteiger charge is -2.09. The molecule has 0 saturated carbocycles. The minimum absolute atomic E-state index is 0.154. The van der Waals surface area contributed by atoms with Gasteiger partial charge in [-0.05, 0) is 24.6 Å². The van der Waals surface area contributed by atoms with Crippen molar-refractivity contribution in [1.82, 2.24) is 10.2 Å². The lowest BCUT2D eigenvalue weighted by atomic mass is 10.1. The van der Waals surface area contributed by atoms with Crippen molar-refractivity contribution in [2.45, 2.75) is 23.4 Å². The van der Waals surface area contributed by atoms with E-state index in [0.29, 0.717) is 10.7 Å². The van der Waals surface area contributed by atoms with Gasteiger partial charge in [0, 0.05) is 12.2 Å². The molecule has 1 aromatic heterocycles. The smallest absolute Gasteiger partial charge is 0.223 e. The molecule has 1 heterocycles. The molecule has 20 heavy (non-hydrogen) atoms. The van der Waals surface area contributed by atoms with Gasteiger partial charge in [0.15, 0.2) is 4.34 Å². The molecule has 0 aliphatic heterocycles. The van der Waals surface area contributed by atoms with Crippen LogP contribution in [0.5, 0.6) is 0 Å². The van der Waals surface area contributed by atoms with Gasteiger partial charge in [0.05, 0.1) is 11.6 Å². The molecule has 5 nitrogen and oxygen atoms in total. The van der Waals surface area contributed by atoms with Gasteiger partial charge in [-0.15, -0.1) is 10.2 Å². The number of nitrogens with one attached hydrogen (secondary N) is 1. The molecule has 1 aromatic carbocycles. The van der Waals surface area contributed by atoms with Crippen molar-refractivity contribution in [1.29, 1.82) is 5.26 Å². The molecule has 0 bridgehead atoms. The fraction of sp³-hybridized carbons (Fsp3) is 0.231. The second kappa shape index (κ2) is 6.50. The quantitative estimate of drug-likeness (QED) is 0.693. The number of benzene rings is 1. The second-order valence-corrected chi connectivity index (χ2v) is 6.62. The highest BCUT2D eigenvalue weighted by Gasteiger charge is 2.12.